The van der Waals surface area contributed by atoms with E-state index < -0.39 is 21.8 Å². The average Bonchev–Trinajstić information content (AvgIpc) is 2.93. The first-order valence-electron chi connectivity index (χ1n) is 9.18. The second-order valence-electron chi connectivity index (χ2n) is 7.28. The molecule has 2 aromatic heterocycles. The van der Waals surface area contributed by atoms with Gasteiger partial charge in [-0.05, 0) is 24.8 Å². The molecule has 1 unspecified atom stereocenters. The number of hydrogen-bond donors (Lipinski definition) is 2. The molecule has 8 nitrogen and oxygen atoms in total. The zero-order valence-corrected chi connectivity index (χ0v) is 17.5. The van der Waals surface area contributed by atoms with Crippen LogP contribution in [0.2, 0.25) is 0 Å². The maximum absolute atomic E-state index is 13.6. The number of halogens is 1. The van der Waals surface area contributed by atoms with Gasteiger partial charge in [-0.15, -0.1) is 0 Å². The first-order chi connectivity index (χ1) is 13.7. The van der Waals surface area contributed by atoms with E-state index in [0.717, 1.165) is 6.07 Å². The molecule has 2 atom stereocenters. The lowest BCUT2D eigenvalue weighted by atomic mass is 9.97. The van der Waals surface area contributed by atoms with E-state index in [0.29, 0.717) is 29.0 Å². The van der Waals surface area contributed by atoms with Crippen molar-refractivity contribution in [3.8, 4) is 6.07 Å². The van der Waals surface area contributed by atoms with Crippen molar-refractivity contribution in [1.29, 1.82) is 5.26 Å². The Kier molecular flexibility index (Phi) is 5.73. The third kappa shape index (κ3) is 4.02. The first kappa shape index (κ1) is 21.0. The largest absolute Gasteiger partial charge is 0.345 e. The van der Waals surface area contributed by atoms with Crippen LogP contribution in [0.4, 0.5) is 10.1 Å². The topological polar surface area (TPSA) is 112 Å². The molecule has 0 aromatic carbocycles. The zero-order chi connectivity index (χ0) is 21.3. The monoisotopic (exact) mass is 418 g/mol. The molecule has 0 saturated carbocycles. The van der Waals surface area contributed by atoms with Crippen molar-refractivity contribution in [3.05, 3.63) is 41.2 Å². The fraction of sp³-hybridized carbons (Fsp3) is 0.421. The molecule has 1 aliphatic rings. The number of aromatic nitrogens is 2. The highest BCUT2D eigenvalue weighted by Gasteiger charge is 2.32. The van der Waals surface area contributed by atoms with Crippen LogP contribution in [-0.2, 0) is 23.4 Å². The number of fused-ring (bicyclic) bond motifs is 1. The predicted octanol–water partition coefficient (Wildman–Crippen LogP) is 2.62. The maximum Gasteiger partial charge on any atom is 0.272 e. The van der Waals surface area contributed by atoms with Crippen molar-refractivity contribution in [3.63, 3.8) is 0 Å². The molecule has 2 N–H and O–H groups in total. The highest BCUT2D eigenvalue weighted by molar-refractivity contribution is 7.91. The van der Waals surface area contributed by atoms with E-state index in [1.54, 1.807) is 23.9 Å². The molecular formula is C19H23FN6O2S. The van der Waals surface area contributed by atoms with Crippen LogP contribution in [0.3, 0.4) is 0 Å². The van der Waals surface area contributed by atoms with Crippen molar-refractivity contribution in [2.24, 2.45) is 17.3 Å². The van der Waals surface area contributed by atoms with Gasteiger partial charge in [-0.1, -0.05) is 13.8 Å². The summed E-state index contributed by atoms with van der Waals surface area (Å²) >= 11 is 0. The lowest BCUT2D eigenvalue weighted by Gasteiger charge is -2.21. The van der Waals surface area contributed by atoms with E-state index in [2.05, 4.69) is 19.4 Å². The molecule has 1 aliphatic heterocycles. The molecule has 0 spiro atoms. The molecule has 0 fully saturated rings. The summed E-state index contributed by atoms with van der Waals surface area (Å²) in [4.78, 5) is 16.9. The Bertz CT molecular complexity index is 1120. The first-order valence-corrected chi connectivity index (χ1v) is 10.7. The zero-order valence-electron chi connectivity index (χ0n) is 16.7. The van der Waals surface area contributed by atoms with Gasteiger partial charge >= 0.3 is 0 Å². The number of nitrogens with one attached hydrogen (secondary N) is 2. The summed E-state index contributed by atoms with van der Waals surface area (Å²) in [6.45, 7) is 4.09. The summed E-state index contributed by atoms with van der Waals surface area (Å²) in [5.41, 5.74) is 0.981. The van der Waals surface area contributed by atoms with Crippen molar-refractivity contribution in [2.45, 2.75) is 37.6 Å². The van der Waals surface area contributed by atoms with E-state index in [4.69, 9.17) is 5.26 Å². The molecule has 0 saturated heterocycles. The van der Waals surface area contributed by atoms with Gasteiger partial charge in [-0.3, -0.25) is 4.79 Å². The Labute approximate surface area is 169 Å². The summed E-state index contributed by atoms with van der Waals surface area (Å²) in [5, 5.41) is 11.6. The molecular weight excluding hydrogens is 395 g/mol. The maximum atomic E-state index is 13.6. The summed E-state index contributed by atoms with van der Waals surface area (Å²) in [6.07, 6.45) is 2.91. The van der Waals surface area contributed by atoms with Crippen LogP contribution in [0.15, 0.2) is 27.6 Å². The minimum atomic E-state index is -2.88. The van der Waals surface area contributed by atoms with Crippen molar-refractivity contribution >= 4 is 21.5 Å². The molecule has 0 aliphatic carbocycles. The van der Waals surface area contributed by atoms with Gasteiger partial charge in [-0.2, -0.15) is 9.65 Å². The van der Waals surface area contributed by atoms with Crippen molar-refractivity contribution in [1.82, 2.24) is 14.3 Å². The van der Waals surface area contributed by atoms with Crippen molar-refractivity contribution < 1.29 is 13.4 Å². The number of nitrogens with zero attached hydrogens (tertiary/aromatic N) is 4. The fourth-order valence-electron chi connectivity index (χ4n) is 3.49. The summed E-state index contributed by atoms with van der Waals surface area (Å²) in [7, 11) is 0.303. The minimum Gasteiger partial charge on any atom is -0.345 e. The van der Waals surface area contributed by atoms with Crippen LogP contribution in [0.25, 0.3) is 0 Å². The van der Waals surface area contributed by atoms with Gasteiger partial charge in [0.25, 0.3) is 5.91 Å². The smallest absolute Gasteiger partial charge is 0.272 e. The van der Waals surface area contributed by atoms with Gasteiger partial charge < -0.3 is 9.88 Å². The number of carbonyl (C=O) groups excluding carboxylic acids is 1. The number of hydrogen-bond acceptors (Lipinski definition) is 5. The summed E-state index contributed by atoms with van der Waals surface area (Å²) < 4.78 is 36.0. The van der Waals surface area contributed by atoms with Gasteiger partial charge in [0, 0.05) is 43.7 Å². The average molecular weight is 418 g/mol. The predicted molar refractivity (Wildman–Crippen MR) is 107 cm³/mol. The molecule has 3 heterocycles. The molecule has 10 heteroatoms. The SMILES string of the molecule is CN=S1(=O)N[C@@H](C(C)C)CCc2c1cn(C)c2C(=O)Nc1cc(F)nc(C#N)c1. The Morgan fingerprint density at radius 3 is 2.86 bits per heavy atom. The lowest BCUT2D eigenvalue weighted by Crippen LogP contribution is -2.37. The number of amides is 1. The van der Waals surface area contributed by atoms with E-state index in [1.165, 1.54) is 13.1 Å². The normalized spacial score (nSPS) is 21.2. The van der Waals surface area contributed by atoms with Crippen LogP contribution in [0, 0.1) is 23.2 Å². The highest BCUT2D eigenvalue weighted by Crippen LogP contribution is 2.30. The quantitative estimate of drug-likeness (QED) is 0.746. The molecule has 2 aromatic rings. The van der Waals surface area contributed by atoms with Crippen LogP contribution in [0.5, 0.6) is 0 Å². The Morgan fingerprint density at radius 1 is 1.52 bits per heavy atom. The van der Waals surface area contributed by atoms with Crippen molar-refractivity contribution in [2.75, 3.05) is 12.4 Å². The Hall–Kier alpha value is -2.77. The van der Waals surface area contributed by atoms with Crippen LogP contribution >= 0.6 is 0 Å². The van der Waals surface area contributed by atoms with E-state index in [-0.39, 0.29) is 23.3 Å². The molecule has 1 amide bonds. The molecule has 29 heavy (non-hydrogen) atoms. The van der Waals surface area contributed by atoms with Gasteiger partial charge in [0.1, 0.15) is 27.4 Å². The van der Waals surface area contributed by atoms with Gasteiger partial charge in [0.05, 0.1) is 4.90 Å². The second-order valence-corrected chi connectivity index (χ2v) is 9.37. The minimum absolute atomic E-state index is 0.00713. The molecule has 0 radical (unpaired) electrons. The number of nitriles is 1. The molecule has 3 rings (SSSR count). The van der Waals surface area contributed by atoms with Crippen LogP contribution in [-0.4, -0.2) is 32.8 Å². The fourth-order valence-corrected chi connectivity index (χ4v) is 5.55. The standard InChI is InChI=1S/C19H23FN6O2S/c1-11(2)15-6-5-14-16(29(28,22-3)25-15)10-26(4)18(14)19(27)24-12-7-13(9-21)23-17(20)8-12/h7-8,10-11,15H,5-6H2,1-4H3,(H,22,25,28)(H,23,24,27)/t15-,29?/m1/s1. The number of anilines is 1. The second kappa shape index (κ2) is 7.93. The van der Waals surface area contributed by atoms with Gasteiger partial charge in [0.15, 0.2) is 0 Å². The number of aryl methyl sites for hydroxylation is 1. The summed E-state index contributed by atoms with van der Waals surface area (Å²) in [5.74, 6) is -1.09. The highest BCUT2D eigenvalue weighted by atomic mass is 32.2. The lowest BCUT2D eigenvalue weighted by molar-refractivity contribution is 0.101. The summed E-state index contributed by atoms with van der Waals surface area (Å²) in [6, 6.07) is 4.08. The van der Waals surface area contributed by atoms with Crippen LogP contribution < -0.4 is 10.0 Å². The number of pyridine rings is 1. The Balaban J connectivity index is 2.03. The van der Waals surface area contributed by atoms with Crippen LogP contribution in [0.1, 0.15) is 42.0 Å². The Morgan fingerprint density at radius 2 is 2.24 bits per heavy atom. The van der Waals surface area contributed by atoms with Gasteiger partial charge in [0.2, 0.25) is 5.95 Å². The third-order valence-electron chi connectivity index (χ3n) is 5.00. The molecule has 154 valence electrons. The van der Waals surface area contributed by atoms with E-state index in [9.17, 15) is 13.4 Å². The number of carbonyl (C=O) groups is 1. The van der Waals surface area contributed by atoms with E-state index in [1.807, 2.05) is 13.8 Å². The van der Waals surface area contributed by atoms with Gasteiger partial charge in [-0.25, -0.2) is 18.3 Å². The third-order valence-corrected chi connectivity index (χ3v) is 7.09. The van der Waals surface area contributed by atoms with E-state index >= 15 is 0 Å². The molecule has 0 bridgehead atoms. The number of rotatable bonds is 3.